The van der Waals surface area contributed by atoms with Crippen LogP contribution >= 0.6 is 0 Å². The molecule has 0 saturated carbocycles. The van der Waals surface area contributed by atoms with Crippen molar-refractivity contribution in [2.24, 2.45) is 18.9 Å². The smallest absolute Gasteiger partial charge is 0.267 e. The average Bonchev–Trinajstić information content (AvgIpc) is 3.10. The molecule has 0 aliphatic carbocycles. The Hall–Kier alpha value is -1.38. The molecule has 2 atom stereocenters. The van der Waals surface area contributed by atoms with Crippen LogP contribution in [0.15, 0.2) is 17.2 Å². The number of carbonyl (C=O) groups is 1. The lowest BCUT2D eigenvalue weighted by atomic mass is 9.89. The number of nitrogens with one attached hydrogen (secondary N) is 1. The molecule has 1 aromatic heterocycles. The molecule has 0 bridgehead atoms. The minimum absolute atomic E-state index is 0.200. The fraction of sp³-hybridized carbons (Fsp3) is 0.667. The van der Waals surface area contributed by atoms with Crippen molar-refractivity contribution in [3.8, 4) is 0 Å². The monoisotopic (exact) mass is 340 g/mol. The quantitative estimate of drug-likeness (QED) is 0.838. The van der Waals surface area contributed by atoms with Crippen molar-refractivity contribution in [1.82, 2.24) is 19.1 Å². The Morgan fingerprint density at radius 1 is 1.22 bits per heavy atom. The van der Waals surface area contributed by atoms with Crippen molar-refractivity contribution < 1.29 is 13.2 Å². The predicted octanol–water partition coefficient (Wildman–Crippen LogP) is -0.0431. The van der Waals surface area contributed by atoms with E-state index in [1.165, 1.54) is 19.3 Å². The number of carbonyl (C=O) groups excluding carboxylic acids is 1. The van der Waals surface area contributed by atoms with Crippen LogP contribution in [-0.2, 0) is 17.1 Å². The second-order valence-corrected chi connectivity index (χ2v) is 8.58. The maximum absolute atomic E-state index is 12.9. The largest absolute Gasteiger partial charge is 0.354 e. The van der Waals surface area contributed by atoms with Gasteiger partial charge in [0.05, 0.1) is 0 Å². The van der Waals surface area contributed by atoms with Gasteiger partial charge in [-0.15, -0.1) is 0 Å². The van der Waals surface area contributed by atoms with Gasteiger partial charge in [-0.1, -0.05) is 0 Å². The zero-order valence-electron chi connectivity index (χ0n) is 13.8. The molecular weight excluding hydrogens is 316 g/mol. The topological polar surface area (TPSA) is 74.7 Å². The summed E-state index contributed by atoms with van der Waals surface area (Å²) in [7, 11) is 1.76. The number of rotatable bonds is 3. The van der Waals surface area contributed by atoms with Gasteiger partial charge in [-0.05, 0) is 37.9 Å². The van der Waals surface area contributed by atoms with E-state index in [-0.39, 0.29) is 10.8 Å². The molecule has 0 radical (unpaired) electrons. The number of aromatic nitrogens is 1. The van der Waals surface area contributed by atoms with Gasteiger partial charge >= 0.3 is 0 Å². The van der Waals surface area contributed by atoms with Crippen LogP contribution in [0.1, 0.15) is 16.9 Å². The first kappa shape index (κ1) is 16.5. The van der Waals surface area contributed by atoms with E-state index in [2.05, 4.69) is 17.3 Å². The molecular formula is C15H24N4O3S. The number of likely N-dealkylation sites (tertiary alicyclic amines) is 1. The van der Waals surface area contributed by atoms with Crippen LogP contribution in [0.5, 0.6) is 0 Å². The third-order valence-electron chi connectivity index (χ3n) is 5.05. The van der Waals surface area contributed by atoms with Crippen molar-refractivity contribution in [2.75, 3.05) is 40.3 Å². The Labute approximate surface area is 137 Å². The van der Waals surface area contributed by atoms with E-state index in [0.29, 0.717) is 30.6 Å². The fourth-order valence-electron chi connectivity index (χ4n) is 3.68. The zero-order valence-corrected chi connectivity index (χ0v) is 14.6. The van der Waals surface area contributed by atoms with E-state index in [0.717, 1.165) is 19.5 Å². The SMILES string of the molecule is CNC(=O)c1cc(S(=O)(=O)N2C[C@H]3CN(C)CC[C@H]3C2)cn1C. The Balaban J connectivity index is 1.84. The number of hydrogen-bond donors (Lipinski definition) is 1. The molecule has 0 aromatic carbocycles. The van der Waals surface area contributed by atoms with Gasteiger partial charge < -0.3 is 14.8 Å². The number of fused-ring (bicyclic) bond motifs is 1. The van der Waals surface area contributed by atoms with E-state index in [4.69, 9.17) is 0 Å². The number of amides is 1. The van der Waals surface area contributed by atoms with Crippen molar-refractivity contribution in [3.63, 3.8) is 0 Å². The molecule has 8 heteroatoms. The standard InChI is InChI=1S/C15H24N4O3S/c1-16-15(20)14-6-13(10-18(14)3)23(21,22)19-8-11-4-5-17(2)7-12(11)9-19/h6,10-12H,4-5,7-9H2,1-3H3,(H,16,20)/t11-,12+/m0/s1. The minimum Gasteiger partial charge on any atom is -0.354 e. The highest BCUT2D eigenvalue weighted by Gasteiger charge is 2.41. The second-order valence-electron chi connectivity index (χ2n) is 6.64. The summed E-state index contributed by atoms with van der Waals surface area (Å²) in [5, 5.41) is 2.53. The van der Waals surface area contributed by atoms with Crippen molar-refractivity contribution in [2.45, 2.75) is 11.3 Å². The molecule has 23 heavy (non-hydrogen) atoms. The zero-order chi connectivity index (χ0) is 16.8. The van der Waals surface area contributed by atoms with Gasteiger partial charge in [-0.3, -0.25) is 4.79 Å². The molecule has 1 amide bonds. The summed E-state index contributed by atoms with van der Waals surface area (Å²) in [6.45, 7) is 3.14. The van der Waals surface area contributed by atoms with Crippen LogP contribution in [0.2, 0.25) is 0 Å². The third kappa shape index (κ3) is 2.90. The normalized spacial score (nSPS) is 26.2. The molecule has 2 aliphatic rings. The molecule has 3 heterocycles. The van der Waals surface area contributed by atoms with Gasteiger partial charge in [0.25, 0.3) is 5.91 Å². The summed E-state index contributed by atoms with van der Waals surface area (Å²) in [6, 6.07) is 1.46. The van der Waals surface area contributed by atoms with E-state index in [1.54, 1.807) is 15.9 Å². The van der Waals surface area contributed by atoms with Crippen LogP contribution in [0.3, 0.4) is 0 Å². The van der Waals surface area contributed by atoms with Gasteiger partial charge in [-0.2, -0.15) is 4.31 Å². The molecule has 1 aromatic rings. The summed E-state index contributed by atoms with van der Waals surface area (Å²) >= 11 is 0. The fourth-order valence-corrected chi connectivity index (χ4v) is 5.31. The van der Waals surface area contributed by atoms with Gasteiger partial charge in [-0.25, -0.2) is 8.42 Å². The molecule has 3 rings (SSSR count). The number of aryl methyl sites for hydroxylation is 1. The first-order valence-corrected chi connectivity index (χ1v) is 9.34. The van der Waals surface area contributed by atoms with E-state index < -0.39 is 10.0 Å². The molecule has 0 spiro atoms. The maximum atomic E-state index is 12.9. The maximum Gasteiger partial charge on any atom is 0.267 e. The van der Waals surface area contributed by atoms with E-state index >= 15 is 0 Å². The number of nitrogens with zero attached hydrogens (tertiary/aromatic N) is 3. The minimum atomic E-state index is -3.54. The third-order valence-corrected chi connectivity index (χ3v) is 6.85. The summed E-state index contributed by atoms with van der Waals surface area (Å²) in [6.07, 6.45) is 2.57. The van der Waals surface area contributed by atoms with Gasteiger partial charge in [0.1, 0.15) is 10.6 Å². The Kier molecular flexibility index (Phi) is 4.24. The Morgan fingerprint density at radius 2 is 1.91 bits per heavy atom. The van der Waals surface area contributed by atoms with Crippen LogP contribution in [0, 0.1) is 11.8 Å². The van der Waals surface area contributed by atoms with Gasteiger partial charge in [0, 0.05) is 39.9 Å². The van der Waals surface area contributed by atoms with Crippen LogP contribution < -0.4 is 5.32 Å². The Bertz CT molecular complexity index is 712. The highest BCUT2D eigenvalue weighted by atomic mass is 32.2. The lowest BCUT2D eigenvalue weighted by molar-refractivity contribution is 0.0955. The molecule has 2 saturated heterocycles. The van der Waals surface area contributed by atoms with Crippen LogP contribution in [-0.4, -0.2) is 68.4 Å². The van der Waals surface area contributed by atoms with Crippen molar-refractivity contribution in [3.05, 3.63) is 18.0 Å². The van der Waals surface area contributed by atoms with Crippen LogP contribution in [0.25, 0.3) is 0 Å². The predicted molar refractivity (Wildman–Crippen MR) is 86.7 cm³/mol. The molecule has 128 valence electrons. The van der Waals surface area contributed by atoms with E-state index in [1.807, 2.05) is 0 Å². The highest BCUT2D eigenvalue weighted by Crippen LogP contribution is 2.34. The molecule has 7 nitrogen and oxygen atoms in total. The van der Waals surface area contributed by atoms with E-state index in [9.17, 15) is 13.2 Å². The number of piperidine rings is 1. The van der Waals surface area contributed by atoms with Crippen LogP contribution in [0.4, 0.5) is 0 Å². The molecule has 0 unspecified atom stereocenters. The lowest BCUT2D eigenvalue weighted by Crippen LogP contribution is -2.37. The summed E-state index contributed by atoms with van der Waals surface area (Å²) < 4.78 is 29.0. The molecule has 2 fully saturated rings. The van der Waals surface area contributed by atoms with Crippen molar-refractivity contribution >= 4 is 15.9 Å². The number of sulfonamides is 1. The summed E-state index contributed by atoms with van der Waals surface area (Å²) in [5.74, 6) is 0.569. The second kappa shape index (κ2) is 5.92. The highest BCUT2D eigenvalue weighted by molar-refractivity contribution is 7.89. The van der Waals surface area contributed by atoms with Gasteiger partial charge in [0.2, 0.25) is 10.0 Å². The van der Waals surface area contributed by atoms with Crippen molar-refractivity contribution in [1.29, 1.82) is 0 Å². The summed E-state index contributed by atoms with van der Waals surface area (Å²) in [5.41, 5.74) is 0.349. The first-order valence-electron chi connectivity index (χ1n) is 7.90. The average molecular weight is 340 g/mol. The first-order chi connectivity index (χ1) is 10.8. The lowest BCUT2D eigenvalue weighted by Gasteiger charge is -2.31. The molecule has 1 N–H and O–H groups in total. The molecule has 2 aliphatic heterocycles. The summed E-state index contributed by atoms with van der Waals surface area (Å²) in [4.78, 5) is 14.3. The number of hydrogen-bond acceptors (Lipinski definition) is 4. The Morgan fingerprint density at radius 3 is 2.61 bits per heavy atom. The van der Waals surface area contributed by atoms with Gasteiger partial charge in [0.15, 0.2) is 0 Å².